The highest BCUT2D eigenvalue weighted by Gasteiger charge is 2.37. The molecule has 0 spiro atoms. The van der Waals surface area contributed by atoms with E-state index in [0.29, 0.717) is 17.1 Å². The van der Waals surface area contributed by atoms with Crippen LogP contribution in [0.1, 0.15) is 19.4 Å². The molecule has 0 bridgehead atoms. The zero-order chi connectivity index (χ0) is 27.0. The largest absolute Gasteiger partial charge is 0.447 e. The van der Waals surface area contributed by atoms with Gasteiger partial charge in [0, 0.05) is 31.6 Å². The Bertz CT molecular complexity index is 1240. The average Bonchev–Trinajstić information content (AvgIpc) is 2.82. The van der Waals surface area contributed by atoms with Gasteiger partial charge in [-0.05, 0) is 66.2 Å². The van der Waals surface area contributed by atoms with Gasteiger partial charge in [0.15, 0.2) is 5.96 Å². The Morgan fingerprint density at radius 1 is 0.811 bits per heavy atom. The number of amides is 2. The number of aliphatic imine (C=N–C) groups is 1. The summed E-state index contributed by atoms with van der Waals surface area (Å²) in [4.78, 5) is 26.5. The van der Waals surface area contributed by atoms with Gasteiger partial charge in [0.2, 0.25) is 11.8 Å². The number of anilines is 2. The van der Waals surface area contributed by atoms with E-state index >= 15 is 0 Å². The first-order chi connectivity index (χ1) is 17.5. The zero-order valence-corrected chi connectivity index (χ0v) is 21.3. The van der Waals surface area contributed by atoms with Crippen LogP contribution < -0.4 is 36.9 Å². The second-order valence-corrected chi connectivity index (χ2v) is 10.2. The average molecular weight is 525 g/mol. The number of hydrogen-bond donors (Lipinski definition) is 5. The molecule has 0 aliphatic rings. The van der Waals surface area contributed by atoms with E-state index in [0.717, 1.165) is 5.56 Å². The van der Waals surface area contributed by atoms with Crippen LogP contribution in [0.15, 0.2) is 77.8 Å². The van der Waals surface area contributed by atoms with Crippen LogP contribution in [0.3, 0.4) is 0 Å². The number of nitrogens with zero attached hydrogens (tertiary/aromatic N) is 1. The molecular formula is C25H29N6O5P. The van der Waals surface area contributed by atoms with Crippen LogP contribution in [0.25, 0.3) is 0 Å². The van der Waals surface area contributed by atoms with Crippen molar-refractivity contribution in [3.8, 4) is 11.5 Å². The molecule has 2 amide bonds. The summed E-state index contributed by atoms with van der Waals surface area (Å²) in [5.41, 5.74) is 19.6. The van der Waals surface area contributed by atoms with Gasteiger partial charge in [0.1, 0.15) is 17.3 Å². The van der Waals surface area contributed by atoms with Crippen molar-refractivity contribution in [1.29, 1.82) is 0 Å². The topological polar surface area (TPSA) is 184 Å². The summed E-state index contributed by atoms with van der Waals surface area (Å²) < 4.78 is 25.7. The minimum atomic E-state index is -4.00. The van der Waals surface area contributed by atoms with Crippen molar-refractivity contribution in [3.63, 3.8) is 0 Å². The first kappa shape index (κ1) is 27.3. The van der Waals surface area contributed by atoms with E-state index in [1.807, 2.05) is 0 Å². The maximum absolute atomic E-state index is 14.0. The molecule has 1 unspecified atom stereocenters. The SMILES string of the molecule is CC(=O)Nc1ccc(OP(=O)(Oc2ccc(NC(C)=O)cc2)C(N)Cc2ccc(N=C(N)N)cc2)cc1. The van der Waals surface area contributed by atoms with Gasteiger partial charge in [-0.15, -0.1) is 0 Å². The van der Waals surface area contributed by atoms with E-state index in [9.17, 15) is 14.2 Å². The highest BCUT2D eigenvalue weighted by Crippen LogP contribution is 2.52. The van der Waals surface area contributed by atoms with Crippen molar-refractivity contribution >= 4 is 42.4 Å². The van der Waals surface area contributed by atoms with E-state index in [-0.39, 0.29) is 35.7 Å². The Balaban J connectivity index is 1.85. The lowest BCUT2D eigenvalue weighted by molar-refractivity contribution is -0.115. The number of rotatable bonds is 10. The molecule has 0 aliphatic heterocycles. The lowest BCUT2D eigenvalue weighted by atomic mass is 10.1. The molecule has 0 saturated heterocycles. The van der Waals surface area contributed by atoms with Crippen molar-refractivity contribution in [2.75, 3.05) is 10.6 Å². The van der Waals surface area contributed by atoms with Crippen molar-refractivity contribution in [1.82, 2.24) is 0 Å². The summed E-state index contributed by atoms with van der Waals surface area (Å²) in [6.07, 6.45) is 0.160. The Kier molecular flexibility index (Phi) is 8.89. The molecule has 3 aromatic rings. The van der Waals surface area contributed by atoms with Crippen molar-refractivity contribution in [2.45, 2.75) is 26.1 Å². The van der Waals surface area contributed by atoms with Gasteiger partial charge in [-0.2, -0.15) is 0 Å². The predicted molar refractivity (Wildman–Crippen MR) is 144 cm³/mol. The summed E-state index contributed by atoms with van der Waals surface area (Å²) in [7, 11) is -4.00. The van der Waals surface area contributed by atoms with Crippen molar-refractivity contribution in [2.24, 2.45) is 22.2 Å². The molecule has 0 saturated carbocycles. The van der Waals surface area contributed by atoms with Crippen LogP contribution >= 0.6 is 7.60 Å². The standard InChI is InChI=1S/C25H29N6O5P/c1-16(32)29-19-7-11-22(12-8-19)35-37(34,36-23-13-9-20(10-14-23)30-17(2)33)24(26)15-18-3-5-21(6-4-18)31-25(27)28/h3-14,24H,15,26H2,1-2H3,(H,29,32)(H,30,33)(H4,27,28,31). The zero-order valence-electron chi connectivity index (χ0n) is 20.4. The molecule has 3 aromatic carbocycles. The number of nitrogens with two attached hydrogens (primary N) is 3. The Hall–Kier alpha value is -4.34. The fourth-order valence-electron chi connectivity index (χ4n) is 3.26. The predicted octanol–water partition coefficient (Wildman–Crippen LogP) is 3.69. The molecule has 0 heterocycles. The highest BCUT2D eigenvalue weighted by atomic mass is 31.2. The van der Waals surface area contributed by atoms with Gasteiger partial charge < -0.3 is 36.9 Å². The van der Waals surface area contributed by atoms with Crippen LogP contribution in [0, 0.1) is 0 Å². The molecule has 0 radical (unpaired) electrons. The van der Waals surface area contributed by atoms with Gasteiger partial charge in [-0.1, -0.05) is 12.1 Å². The van der Waals surface area contributed by atoms with E-state index in [2.05, 4.69) is 15.6 Å². The summed E-state index contributed by atoms with van der Waals surface area (Å²) in [5, 5.41) is 5.30. The Labute approximate surface area is 214 Å². The maximum atomic E-state index is 14.0. The Morgan fingerprint density at radius 2 is 1.24 bits per heavy atom. The molecule has 11 nitrogen and oxygen atoms in total. The third-order valence-electron chi connectivity index (χ3n) is 4.86. The second-order valence-electron chi connectivity index (χ2n) is 8.11. The molecule has 1 atom stereocenters. The van der Waals surface area contributed by atoms with E-state index in [4.69, 9.17) is 26.2 Å². The summed E-state index contributed by atoms with van der Waals surface area (Å²) >= 11 is 0. The van der Waals surface area contributed by atoms with E-state index in [1.54, 1.807) is 72.8 Å². The number of hydrogen-bond acceptors (Lipinski definition) is 7. The monoisotopic (exact) mass is 524 g/mol. The fourth-order valence-corrected chi connectivity index (χ4v) is 4.84. The number of carbonyl (C=O) groups excluding carboxylic acids is 2. The molecule has 0 aliphatic carbocycles. The minimum Gasteiger partial charge on any atom is -0.415 e. The van der Waals surface area contributed by atoms with E-state index < -0.39 is 13.4 Å². The number of carbonyl (C=O) groups is 2. The lowest BCUT2D eigenvalue weighted by Crippen LogP contribution is -2.28. The van der Waals surface area contributed by atoms with Gasteiger partial charge in [-0.25, -0.2) is 9.56 Å². The first-order valence-corrected chi connectivity index (χ1v) is 12.8. The van der Waals surface area contributed by atoms with Gasteiger partial charge >= 0.3 is 7.60 Å². The normalized spacial score (nSPS) is 11.6. The van der Waals surface area contributed by atoms with Crippen LogP contribution in [-0.4, -0.2) is 23.6 Å². The molecule has 3 rings (SSSR count). The van der Waals surface area contributed by atoms with Gasteiger partial charge in [0.25, 0.3) is 0 Å². The van der Waals surface area contributed by atoms with Crippen molar-refractivity contribution in [3.05, 3.63) is 78.4 Å². The molecular weight excluding hydrogens is 495 g/mol. The van der Waals surface area contributed by atoms with Gasteiger partial charge in [0.05, 0.1) is 5.69 Å². The molecule has 194 valence electrons. The first-order valence-electron chi connectivity index (χ1n) is 11.2. The lowest BCUT2D eigenvalue weighted by Gasteiger charge is -2.25. The third-order valence-corrected chi connectivity index (χ3v) is 6.79. The van der Waals surface area contributed by atoms with Crippen molar-refractivity contribution < 1.29 is 23.2 Å². The fraction of sp³-hybridized carbons (Fsp3) is 0.160. The Morgan fingerprint density at radius 3 is 1.62 bits per heavy atom. The molecule has 0 fully saturated rings. The number of guanidine groups is 1. The van der Waals surface area contributed by atoms with Crippen LogP contribution in [-0.2, 0) is 20.6 Å². The summed E-state index contributed by atoms with van der Waals surface area (Å²) in [6, 6.07) is 19.6. The summed E-state index contributed by atoms with van der Waals surface area (Å²) in [5.74, 6) is -1.08. The number of benzene rings is 3. The van der Waals surface area contributed by atoms with Crippen LogP contribution in [0.5, 0.6) is 11.5 Å². The third kappa shape index (κ3) is 8.38. The molecule has 12 heteroatoms. The highest BCUT2D eigenvalue weighted by molar-refractivity contribution is 7.55. The second kappa shape index (κ2) is 12.1. The molecule has 0 aromatic heterocycles. The molecule has 8 N–H and O–H groups in total. The maximum Gasteiger partial charge on any atom is 0.447 e. The number of nitrogens with one attached hydrogen (secondary N) is 2. The van der Waals surface area contributed by atoms with E-state index in [1.165, 1.54) is 13.8 Å². The van der Waals surface area contributed by atoms with Crippen LogP contribution in [0.2, 0.25) is 0 Å². The smallest absolute Gasteiger partial charge is 0.415 e. The van der Waals surface area contributed by atoms with Gasteiger partial charge in [-0.3, -0.25) is 9.59 Å². The summed E-state index contributed by atoms with van der Waals surface area (Å²) in [6.45, 7) is 2.79. The minimum absolute atomic E-state index is 0.0650. The quantitative estimate of drug-likeness (QED) is 0.151. The molecule has 37 heavy (non-hydrogen) atoms. The van der Waals surface area contributed by atoms with Crippen LogP contribution in [0.4, 0.5) is 17.1 Å².